The quantitative estimate of drug-likeness (QED) is 0.689. The average molecular weight is 328 g/mol. The number of hydrogen-bond donors (Lipinski definition) is 3. The summed E-state index contributed by atoms with van der Waals surface area (Å²) in [5, 5.41) is 3.22. The van der Waals surface area contributed by atoms with Crippen LogP contribution in [0.2, 0.25) is 8.67 Å². The first-order valence-electron chi connectivity index (χ1n) is 5.92. The van der Waals surface area contributed by atoms with Gasteiger partial charge in [0.2, 0.25) is 0 Å². The summed E-state index contributed by atoms with van der Waals surface area (Å²) in [6.07, 6.45) is 0. The second kappa shape index (κ2) is 5.26. The van der Waals surface area contributed by atoms with E-state index in [1.165, 1.54) is 11.3 Å². The number of rotatable bonds is 3. The molecule has 0 aliphatic carbocycles. The van der Waals surface area contributed by atoms with Gasteiger partial charge in [-0.1, -0.05) is 29.3 Å². The van der Waals surface area contributed by atoms with E-state index in [1.807, 2.05) is 31.3 Å². The lowest BCUT2D eigenvalue weighted by Gasteiger charge is -2.16. The van der Waals surface area contributed by atoms with Crippen molar-refractivity contribution >= 4 is 45.6 Å². The minimum atomic E-state index is -0.213. The molecule has 3 rings (SSSR count). The van der Waals surface area contributed by atoms with Gasteiger partial charge in [-0.15, -0.1) is 11.3 Å². The molecule has 0 saturated carbocycles. The summed E-state index contributed by atoms with van der Waals surface area (Å²) in [6.45, 7) is 0. The van der Waals surface area contributed by atoms with E-state index in [9.17, 15) is 4.79 Å². The van der Waals surface area contributed by atoms with Gasteiger partial charge in [-0.3, -0.25) is 0 Å². The summed E-state index contributed by atoms with van der Waals surface area (Å²) in [6, 6.07) is 7.54. The maximum atomic E-state index is 11.3. The highest BCUT2D eigenvalue weighted by Crippen LogP contribution is 2.37. The summed E-state index contributed by atoms with van der Waals surface area (Å²) >= 11 is 13.6. The molecule has 0 amide bonds. The molecule has 3 aromatic rings. The maximum absolute atomic E-state index is 11.3. The number of aromatic nitrogens is 2. The first kappa shape index (κ1) is 13.7. The summed E-state index contributed by atoms with van der Waals surface area (Å²) in [5.41, 5.74) is 3.27. The molecule has 0 fully saturated rings. The molecule has 3 N–H and O–H groups in total. The first-order valence-corrected chi connectivity index (χ1v) is 7.49. The van der Waals surface area contributed by atoms with Gasteiger partial charge in [-0.2, -0.15) is 0 Å². The van der Waals surface area contributed by atoms with Crippen LogP contribution in [0.1, 0.15) is 17.2 Å². The number of H-pyrrole nitrogens is 2. The second-order valence-corrected chi connectivity index (χ2v) is 6.67. The lowest BCUT2D eigenvalue weighted by atomic mass is 10.0. The number of nitrogens with one attached hydrogen (secondary N) is 3. The number of fused-ring (bicyclic) bond motifs is 1. The van der Waals surface area contributed by atoms with Gasteiger partial charge >= 0.3 is 5.69 Å². The Morgan fingerprint density at radius 2 is 1.95 bits per heavy atom. The van der Waals surface area contributed by atoms with Crippen molar-refractivity contribution in [1.29, 1.82) is 0 Å². The molecule has 7 heteroatoms. The third-order valence-corrected chi connectivity index (χ3v) is 4.67. The van der Waals surface area contributed by atoms with Crippen LogP contribution in [0.15, 0.2) is 29.1 Å². The zero-order valence-corrected chi connectivity index (χ0v) is 12.8. The van der Waals surface area contributed by atoms with Gasteiger partial charge in [0.05, 0.1) is 25.7 Å². The second-order valence-electron chi connectivity index (χ2n) is 4.39. The van der Waals surface area contributed by atoms with Crippen molar-refractivity contribution in [2.45, 2.75) is 6.04 Å². The molecule has 20 heavy (non-hydrogen) atoms. The van der Waals surface area contributed by atoms with Crippen LogP contribution in [0.4, 0.5) is 0 Å². The number of benzene rings is 1. The van der Waals surface area contributed by atoms with Gasteiger partial charge in [-0.05, 0) is 30.8 Å². The fraction of sp³-hybridized carbons (Fsp3) is 0.154. The van der Waals surface area contributed by atoms with E-state index in [0.717, 1.165) is 22.2 Å². The molecule has 104 valence electrons. The van der Waals surface area contributed by atoms with Gasteiger partial charge in [0.15, 0.2) is 0 Å². The highest BCUT2D eigenvalue weighted by atomic mass is 35.5. The van der Waals surface area contributed by atoms with E-state index in [4.69, 9.17) is 23.2 Å². The molecule has 0 saturated heterocycles. The van der Waals surface area contributed by atoms with Gasteiger partial charge in [0, 0.05) is 5.56 Å². The zero-order chi connectivity index (χ0) is 14.3. The number of imidazole rings is 1. The Hall–Kier alpha value is -1.27. The van der Waals surface area contributed by atoms with E-state index in [-0.39, 0.29) is 11.7 Å². The highest BCUT2D eigenvalue weighted by Gasteiger charge is 2.18. The van der Waals surface area contributed by atoms with Gasteiger partial charge < -0.3 is 15.3 Å². The standard InChI is InChI=1S/C13H11Cl2N3OS/c1-16-11(7-5-10(14)20-12(7)15)6-2-3-8-9(4-6)18-13(19)17-8/h2-5,11,16H,1H3,(H2,17,18,19). The molecular formula is C13H11Cl2N3OS. The minimum Gasteiger partial charge on any atom is -0.309 e. The van der Waals surface area contributed by atoms with Crippen molar-refractivity contribution in [2.75, 3.05) is 7.05 Å². The normalized spacial score (nSPS) is 12.9. The fourth-order valence-electron chi connectivity index (χ4n) is 2.28. The summed E-state index contributed by atoms with van der Waals surface area (Å²) in [5.74, 6) is 0. The largest absolute Gasteiger partial charge is 0.323 e. The molecule has 1 unspecified atom stereocenters. The highest BCUT2D eigenvalue weighted by molar-refractivity contribution is 7.20. The van der Waals surface area contributed by atoms with Crippen molar-refractivity contribution in [1.82, 2.24) is 15.3 Å². The van der Waals surface area contributed by atoms with Crippen LogP contribution in [0, 0.1) is 0 Å². The van der Waals surface area contributed by atoms with Crippen LogP contribution < -0.4 is 11.0 Å². The number of halogens is 2. The van der Waals surface area contributed by atoms with E-state index in [2.05, 4.69) is 15.3 Å². The summed E-state index contributed by atoms with van der Waals surface area (Å²) < 4.78 is 1.32. The van der Waals surface area contributed by atoms with Crippen molar-refractivity contribution < 1.29 is 0 Å². The van der Waals surface area contributed by atoms with Crippen LogP contribution in [0.5, 0.6) is 0 Å². The zero-order valence-electron chi connectivity index (χ0n) is 10.5. The Bertz CT molecular complexity index is 820. The fourth-order valence-corrected chi connectivity index (χ4v) is 3.81. The molecule has 0 aliphatic heterocycles. The Morgan fingerprint density at radius 1 is 1.20 bits per heavy atom. The van der Waals surface area contributed by atoms with Crippen molar-refractivity contribution in [3.63, 3.8) is 0 Å². The number of thiophene rings is 1. The van der Waals surface area contributed by atoms with Crippen LogP contribution >= 0.6 is 34.5 Å². The lowest BCUT2D eigenvalue weighted by Crippen LogP contribution is -2.17. The Morgan fingerprint density at radius 3 is 2.60 bits per heavy atom. The number of aromatic amines is 2. The molecule has 2 aromatic heterocycles. The van der Waals surface area contributed by atoms with Gasteiger partial charge in [0.1, 0.15) is 0 Å². The molecule has 0 aliphatic rings. The predicted molar refractivity (Wildman–Crippen MR) is 84.2 cm³/mol. The monoisotopic (exact) mass is 327 g/mol. The van der Waals surface area contributed by atoms with Crippen molar-refractivity contribution in [3.05, 3.63) is 54.5 Å². The third kappa shape index (κ3) is 2.38. The number of hydrogen-bond acceptors (Lipinski definition) is 3. The van der Waals surface area contributed by atoms with E-state index in [1.54, 1.807) is 0 Å². The van der Waals surface area contributed by atoms with Gasteiger partial charge in [0.25, 0.3) is 0 Å². The van der Waals surface area contributed by atoms with E-state index in [0.29, 0.717) is 8.67 Å². The van der Waals surface area contributed by atoms with Crippen molar-refractivity contribution in [2.24, 2.45) is 0 Å². The summed E-state index contributed by atoms with van der Waals surface area (Å²) in [7, 11) is 1.86. The summed E-state index contributed by atoms with van der Waals surface area (Å²) in [4.78, 5) is 16.8. The molecular weight excluding hydrogens is 317 g/mol. The van der Waals surface area contributed by atoms with Crippen LogP contribution in [0.25, 0.3) is 11.0 Å². The molecule has 0 spiro atoms. The topological polar surface area (TPSA) is 60.7 Å². The lowest BCUT2D eigenvalue weighted by molar-refractivity contribution is 0.695. The van der Waals surface area contributed by atoms with Crippen LogP contribution in [-0.2, 0) is 0 Å². The Kier molecular flexibility index (Phi) is 3.60. The smallest absolute Gasteiger partial charge is 0.309 e. The van der Waals surface area contributed by atoms with Crippen LogP contribution in [0.3, 0.4) is 0 Å². The first-order chi connectivity index (χ1) is 9.58. The Labute approximate surface area is 128 Å². The molecule has 0 bridgehead atoms. The SMILES string of the molecule is CNC(c1ccc2[nH]c(=O)[nH]c2c1)c1cc(Cl)sc1Cl. The molecule has 1 atom stereocenters. The van der Waals surface area contributed by atoms with Crippen LogP contribution in [-0.4, -0.2) is 17.0 Å². The predicted octanol–water partition coefficient (Wildman–Crippen LogP) is 3.53. The maximum Gasteiger partial charge on any atom is 0.323 e. The molecule has 0 radical (unpaired) electrons. The van der Waals surface area contributed by atoms with Gasteiger partial charge in [-0.25, -0.2) is 4.79 Å². The molecule has 4 nitrogen and oxygen atoms in total. The van der Waals surface area contributed by atoms with Crippen molar-refractivity contribution in [3.8, 4) is 0 Å². The average Bonchev–Trinajstić information content (AvgIpc) is 2.92. The van der Waals surface area contributed by atoms with E-state index >= 15 is 0 Å². The van der Waals surface area contributed by atoms with E-state index < -0.39 is 0 Å². The minimum absolute atomic E-state index is 0.0750. The third-order valence-electron chi connectivity index (χ3n) is 3.16. The molecule has 2 heterocycles. The Balaban J connectivity index is 2.11. The molecule has 1 aromatic carbocycles.